The standard InChI is InChI=1S/C38H32N4O.Pt/c1-23-16-17-39-36(20-23)41-34-13-8-7-12-32(34)33-15-14-31(22-35(33)41)43-30-11-9-10-29(21-30)42-28(6)38(27(5)40-42)37-25(3)18-24(2)19-26(37)4;/h7-20H,1-6H3;/q-2;+2. The Morgan fingerprint density at radius 1 is 0.682 bits per heavy atom. The minimum atomic E-state index is 0. The molecular weight excluding hydrogens is 724 g/mol. The molecule has 0 saturated heterocycles. The molecule has 0 aliphatic carbocycles. The number of hydrogen-bond donors (Lipinski definition) is 0. The van der Waals surface area contributed by atoms with Gasteiger partial charge in [0.05, 0.1) is 5.69 Å². The van der Waals surface area contributed by atoms with E-state index >= 15 is 0 Å². The van der Waals surface area contributed by atoms with E-state index in [9.17, 15) is 0 Å². The normalized spacial score (nSPS) is 11.2. The van der Waals surface area contributed by atoms with Gasteiger partial charge in [0.1, 0.15) is 5.82 Å². The maximum atomic E-state index is 6.39. The van der Waals surface area contributed by atoms with Crippen molar-refractivity contribution in [2.45, 2.75) is 41.5 Å². The predicted octanol–water partition coefficient (Wildman–Crippen LogP) is 9.27. The van der Waals surface area contributed by atoms with Gasteiger partial charge < -0.3 is 9.30 Å². The van der Waals surface area contributed by atoms with Crippen LogP contribution in [-0.4, -0.2) is 19.3 Å². The number of nitrogens with zero attached hydrogens (tertiary/aromatic N) is 4. The second-order valence-electron chi connectivity index (χ2n) is 11.4. The van der Waals surface area contributed by atoms with E-state index in [4.69, 9.17) is 9.84 Å². The number of aromatic nitrogens is 4. The van der Waals surface area contributed by atoms with Gasteiger partial charge in [-0.05, 0) is 93.1 Å². The van der Waals surface area contributed by atoms with Gasteiger partial charge in [-0.3, -0.25) is 4.68 Å². The largest absolute Gasteiger partial charge is 2.00 e. The fourth-order valence-electron chi connectivity index (χ4n) is 6.37. The Kier molecular flexibility index (Phi) is 7.77. The first-order chi connectivity index (χ1) is 20.8. The fourth-order valence-corrected chi connectivity index (χ4v) is 6.37. The third kappa shape index (κ3) is 5.06. The molecule has 0 amide bonds. The van der Waals surface area contributed by atoms with E-state index in [1.165, 1.54) is 27.8 Å². The summed E-state index contributed by atoms with van der Waals surface area (Å²) in [7, 11) is 0. The molecule has 0 N–H and O–H groups in total. The summed E-state index contributed by atoms with van der Waals surface area (Å²) in [6.45, 7) is 12.8. The number of aryl methyl sites for hydroxylation is 5. The van der Waals surface area contributed by atoms with Crippen LogP contribution in [0, 0.1) is 53.7 Å². The van der Waals surface area contributed by atoms with Crippen molar-refractivity contribution in [3.63, 3.8) is 0 Å². The number of benzene rings is 4. The third-order valence-electron chi connectivity index (χ3n) is 8.11. The van der Waals surface area contributed by atoms with Gasteiger partial charge in [0.15, 0.2) is 0 Å². The maximum absolute atomic E-state index is 6.39. The van der Waals surface area contributed by atoms with Crippen molar-refractivity contribution < 1.29 is 25.8 Å². The first kappa shape index (κ1) is 29.6. The van der Waals surface area contributed by atoms with Crippen LogP contribution in [0.4, 0.5) is 0 Å². The number of ether oxygens (including phenoxy) is 1. The van der Waals surface area contributed by atoms with E-state index in [1.54, 1.807) is 0 Å². The molecule has 7 aromatic rings. The Morgan fingerprint density at radius 2 is 1.43 bits per heavy atom. The smallest absolute Gasteiger partial charge is 0.509 e. The van der Waals surface area contributed by atoms with Crippen LogP contribution in [0.3, 0.4) is 0 Å². The van der Waals surface area contributed by atoms with E-state index < -0.39 is 0 Å². The molecule has 0 saturated carbocycles. The fraction of sp³-hybridized carbons (Fsp3) is 0.158. The first-order valence-corrected chi connectivity index (χ1v) is 14.5. The van der Waals surface area contributed by atoms with Gasteiger partial charge in [-0.15, -0.1) is 35.7 Å². The van der Waals surface area contributed by atoms with Crippen LogP contribution < -0.4 is 4.74 Å². The molecule has 3 heterocycles. The summed E-state index contributed by atoms with van der Waals surface area (Å²) in [5.74, 6) is 2.06. The summed E-state index contributed by atoms with van der Waals surface area (Å²) in [4.78, 5) is 4.68. The molecule has 0 atom stereocenters. The molecule has 5 nitrogen and oxygen atoms in total. The van der Waals surface area contributed by atoms with Crippen molar-refractivity contribution in [1.82, 2.24) is 19.3 Å². The molecule has 220 valence electrons. The molecule has 6 heteroatoms. The summed E-state index contributed by atoms with van der Waals surface area (Å²) in [5, 5.41) is 7.19. The zero-order valence-corrected chi connectivity index (χ0v) is 27.9. The minimum Gasteiger partial charge on any atom is -0.509 e. The summed E-state index contributed by atoms with van der Waals surface area (Å²) in [5.41, 5.74) is 12.2. The molecule has 0 spiro atoms. The minimum absolute atomic E-state index is 0. The average molecular weight is 756 g/mol. The van der Waals surface area contributed by atoms with E-state index in [1.807, 2.05) is 41.2 Å². The number of rotatable bonds is 5. The number of para-hydroxylation sites is 1. The van der Waals surface area contributed by atoms with Crippen LogP contribution in [0.25, 0.3) is 44.4 Å². The van der Waals surface area contributed by atoms with Crippen molar-refractivity contribution in [1.29, 1.82) is 0 Å². The van der Waals surface area contributed by atoms with Crippen LogP contribution in [0.2, 0.25) is 0 Å². The van der Waals surface area contributed by atoms with E-state index in [0.717, 1.165) is 50.3 Å². The third-order valence-corrected chi connectivity index (χ3v) is 8.11. The van der Waals surface area contributed by atoms with Crippen LogP contribution >= 0.6 is 0 Å². The number of pyridine rings is 1. The zero-order chi connectivity index (χ0) is 29.8. The van der Waals surface area contributed by atoms with Gasteiger partial charge in [-0.25, -0.2) is 4.98 Å². The Bertz CT molecular complexity index is 2170. The Hall–Kier alpha value is -4.47. The van der Waals surface area contributed by atoms with Gasteiger partial charge in [-0.1, -0.05) is 41.4 Å². The van der Waals surface area contributed by atoms with Gasteiger partial charge >= 0.3 is 21.1 Å². The van der Waals surface area contributed by atoms with Crippen molar-refractivity contribution in [2.75, 3.05) is 0 Å². The molecule has 0 aliphatic heterocycles. The van der Waals surface area contributed by atoms with Crippen molar-refractivity contribution in [3.05, 3.63) is 131 Å². The predicted molar refractivity (Wildman–Crippen MR) is 174 cm³/mol. The quantitative estimate of drug-likeness (QED) is 0.165. The Balaban J connectivity index is 0.00000343. The van der Waals surface area contributed by atoms with Crippen molar-refractivity contribution in [3.8, 4) is 34.1 Å². The molecule has 7 rings (SSSR count). The summed E-state index contributed by atoms with van der Waals surface area (Å²) in [6.07, 6.45) is 1.85. The monoisotopic (exact) mass is 755 g/mol. The SMILES string of the molecule is Cc1ccnc(-n2c3[c-]c(Oc4[c-]c(-n5nc(C)c(-c6c(C)cc(C)cc6C)c5C)ccc4)ccc3c3ccccc32)c1.[Pt+2]. The Morgan fingerprint density at radius 3 is 2.20 bits per heavy atom. The first-order valence-electron chi connectivity index (χ1n) is 14.5. The molecule has 3 aromatic heterocycles. The molecule has 44 heavy (non-hydrogen) atoms. The van der Waals surface area contributed by atoms with Crippen LogP contribution in [0.1, 0.15) is 33.6 Å². The summed E-state index contributed by atoms with van der Waals surface area (Å²) in [6, 6.07) is 33.9. The molecule has 0 aliphatic rings. The topological polar surface area (TPSA) is 44.9 Å². The van der Waals surface area contributed by atoms with Crippen LogP contribution in [0.15, 0.2) is 85.1 Å². The van der Waals surface area contributed by atoms with E-state index in [0.29, 0.717) is 11.5 Å². The average Bonchev–Trinajstić information content (AvgIpc) is 3.46. The molecule has 0 fully saturated rings. The molecular formula is C38H32N4OPt. The second kappa shape index (κ2) is 11.6. The number of fused-ring (bicyclic) bond motifs is 3. The van der Waals surface area contributed by atoms with Gasteiger partial charge in [0.25, 0.3) is 0 Å². The van der Waals surface area contributed by atoms with E-state index in [-0.39, 0.29) is 21.1 Å². The summed E-state index contributed by atoms with van der Waals surface area (Å²) >= 11 is 0. The second-order valence-corrected chi connectivity index (χ2v) is 11.4. The molecule has 0 bridgehead atoms. The van der Waals surface area contributed by atoms with Gasteiger partial charge in [-0.2, -0.15) is 17.2 Å². The Labute approximate surface area is 272 Å². The van der Waals surface area contributed by atoms with Crippen LogP contribution in [0.5, 0.6) is 11.5 Å². The zero-order valence-electron chi connectivity index (χ0n) is 25.6. The van der Waals surface area contributed by atoms with Crippen molar-refractivity contribution >= 4 is 21.8 Å². The van der Waals surface area contributed by atoms with E-state index in [2.05, 4.69) is 112 Å². The molecule has 0 radical (unpaired) electrons. The van der Waals surface area contributed by atoms with Gasteiger partial charge in [0.2, 0.25) is 0 Å². The van der Waals surface area contributed by atoms with Crippen LogP contribution in [-0.2, 0) is 21.1 Å². The number of hydrogen-bond acceptors (Lipinski definition) is 3. The maximum Gasteiger partial charge on any atom is 2.00 e. The molecule has 4 aromatic carbocycles. The summed E-state index contributed by atoms with van der Waals surface area (Å²) < 4.78 is 10.5. The van der Waals surface area contributed by atoms with Crippen molar-refractivity contribution in [2.24, 2.45) is 0 Å². The van der Waals surface area contributed by atoms with Gasteiger partial charge in [0, 0.05) is 34.5 Å². The molecule has 0 unspecified atom stereocenters.